The summed E-state index contributed by atoms with van der Waals surface area (Å²) < 4.78 is 26.2. The Morgan fingerprint density at radius 2 is 1.92 bits per heavy atom. The zero-order valence-electron chi connectivity index (χ0n) is 13.2. The summed E-state index contributed by atoms with van der Waals surface area (Å²) in [5.74, 6) is 1.62. The van der Waals surface area contributed by atoms with Gasteiger partial charge in [-0.15, -0.1) is 0 Å². The van der Waals surface area contributed by atoms with Gasteiger partial charge < -0.3 is 14.8 Å². The van der Waals surface area contributed by atoms with Crippen LogP contribution in [0.15, 0.2) is 36.4 Å². The molecule has 2 aromatic rings. The topological polar surface area (TPSA) is 30.5 Å². The van der Waals surface area contributed by atoms with Gasteiger partial charge in [-0.2, -0.15) is 0 Å². The van der Waals surface area contributed by atoms with E-state index in [1.165, 1.54) is 11.6 Å². The van der Waals surface area contributed by atoms with E-state index < -0.39 is 6.10 Å². The Balaban J connectivity index is 1.61. The molecule has 1 N–H and O–H groups in total. The summed E-state index contributed by atoms with van der Waals surface area (Å²) >= 11 is 5.83. The third-order valence-corrected chi connectivity index (χ3v) is 4.98. The molecule has 1 atom stereocenters. The molecule has 2 aliphatic rings. The molecule has 0 aliphatic carbocycles. The van der Waals surface area contributed by atoms with Gasteiger partial charge in [-0.25, -0.2) is 4.39 Å². The number of para-hydroxylation sites is 1. The highest BCUT2D eigenvalue weighted by molar-refractivity contribution is 6.30. The van der Waals surface area contributed by atoms with Gasteiger partial charge in [0.05, 0.1) is 0 Å². The molecule has 5 heteroatoms. The van der Waals surface area contributed by atoms with Crippen LogP contribution in [0.4, 0.5) is 4.39 Å². The van der Waals surface area contributed by atoms with Crippen molar-refractivity contribution >= 4 is 11.6 Å². The lowest BCUT2D eigenvalue weighted by Gasteiger charge is -2.31. The van der Waals surface area contributed by atoms with Crippen molar-refractivity contribution in [1.29, 1.82) is 0 Å². The van der Waals surface area contributed by atoms with E-state index in [0.29, 0.717) is 28.9 Å². The van der Waals surface area contributed by atoms with Gasteiger partial charge >= 0.3 is 0 Å². The van der Waals surface area contributed by atoms with Crippen LogP contribution in [0.1, 0.15) is 36.0 Å². The highest BCUT2D eigenvalue weighted by Gasteiger charge is 2.29. The van der Waals surface area contributed by atoms with Gasteiger partial charge in [-0.3, -0.25) is 0 Å². The van der Waals surface area contributed by atoms with E-state index in [-0.39, 0.29) is 5.82 Å². The van der Waals surface area contributed by atoms with E-state index in [0.717, 1.165) is 31.7 Å². The lowest BCUT2D eigenvalue weighted by Crippen LogP contribution is -2.28. The Labute approximate surface area is 145 Å². The Morgan fingerprint density at radius 1 is 1.08 bits per heavy atom. The molecule has 2 aliphatic heterocycles. The molecule has 0 unspecified atom stereocenters. The summed E-state index contributed by atoms with van der Waals surface area (Å²) in [6, 6.07) is 10.6. The van der Waals surface area contributed by atoms with E-state index in [1.54, 1.807) is 12.1 Å². The molecular weight excluding hydrogens is 329 g/mol. The van der Waals surface area contributed by atoms with Gasteiger partial charge in [-0.05, 0) is 50.0 Å². The molecule has 0 spiro atoms. The summed E-state index contributed by atoms with van der Waals surface area (Å²) in [6.45, 7) is 2.34. The Morgan fingerprint density at radius 3 is 2.71 bits per heavy atom. The van der Waals surface area contributed by atoms with Crippen LogP contribution >= 0.6 is 11.6 Å². The van der Waals surface area contributed by atoms with Crippen molar-refractivity contribution in [3.05, 3.63) is 58.4 Å². The van der Waals surface area contributed by atoms with Crippen LogP contribution in [-0.4, -0.2) is 19.7 Å². The Bertz CT molecular complexity index is 746. The molecule has 0 bridgehead atoms. The summed E-state index contributed by atoms with van der Waals surface area (Å²) in [5, 5.41) is 3.76. The standard InChI is InChI=1S/C19H19ClFNO2/c20-13-4-5-15(16(21)10-13)18-11-23-19-14(2-1-3-17(19)24-18)12-6-8-22-9-7-12/h1-5,10,12,18,22H,6-9,11H2/t18-/m0/s1. The number of hydrogen-bond donors (Lipinski definition) is 1. The molecule has 0 amide bonds. The zero-order chi connectivity index (χ0) is 16.5. The smallest absolute Gasteiger partial charge is 0.164 e. The molecule has 2 heterocycles. The van der Waals surface area contributed by atoms with Gasteiger partial charge in [0.2, 0.25) is 0 Å². The summed E-state index contributed by atoms with van der Waals surface area (Å²) in [7, 11) is 0. The van der Waals surface area contributed by atoms with E-state index >= 15 is 0 Å². The second-order valence-electron chi connectivity index (χ2n) is 6.28. The normalized spacial score (nSPS) is 20.8. The quantitative estimate of drug-likeness (QED) is 0.870. The number of rotatable bonds is 2. The minimum atomic E-state index is -0.460. The van der Waals surface area contributed by atoms with Gasteiger partial charge in [0.25, 0.3) is 0 Å². The average Bonchev–Trinajstić information content (AvgIpc) is 2.61. The molecule has 0 radical (unpaired) electrons. The van der Waals surface area contributed by atoms with Crippen LogP contribution < -0.4 is 14.8 Å². The highest BCUT2D eigenvalue weighted by Crippen LogP contribution is 2.43. The summed E-state index contributed by atoms with van der Waals surface area (Å²) in [4.78, 5) is 0. The lowest BCUT2D eigenvalue weighted by molar-refractivity contribution is 0.0869. The van der Waals surface area contributed by atoms with Crippen molar-refractivity contribution in [2.24, 2.45) is 0 Å². The molecule has 0 aromatic heterocycles. The van der Waals surface area contributed by atoms with Gasteiger partial charge in [0.15, 0.2) is 17.6 Å². The second kappa shape index (κ2) is 6.61. The SMILES string of the molecule is Fc1cc(Cl)ccc1[C@@H]1COc2c(cccc2C2CCNCC2)O1. The Kier molecular flexibility index (Phi) is 4.33. The minimum Gasteiger partial charge on any atom is -0.485 e. The minimum absolute atomic E-state index is 0.299. The maximum absolute atomic E-state index is 14.2. The second-order valence-corrected chi connectivity index (χ2v) is 6.72. The van der Waals surface area contributed by atoms with Crippen molar-refractivity contribution in [2.45, 2.75) is 24.9 Å². The third-order valence-electron chi connectivity index (χ3n) is 4.75. The van der Waals surface area contributed by atoms with Crippen LogP contribution in [0, 0.1) is 5.82 Å². The summed E-state index contributed by atoms with van der Waals surface area (Å²) in [5.41, 5.74) is 1.67. The number of halogens is 2. The average molecular weight is 348 g/mol. The van der Waals surface area contributed by atoms with Crippen molar-refractivity contribution in [3.63, 3.8) is 0 Å². The number of benzene rings is 2. The first kappa shape index (κ1) is 15.7. The third kappa shape index (κ3) is 2.96. The first-order chi connectivity index (χ1) is 11.7. The van der Waals surface area contributed by atoms with Crippen molar-refractivity contribution in [1.82, 2.24) is 5.32 Å². The fourth-order valence-electron chi connectivity index (χ4n) is 3.50. The molecule has 2 aromatic carbocycles. The van der Waals surface area contributed by atoms with Gasteiger partial charge in [0.1, 0.15) is 12.4 Å². The first-order valence-corrected chi connectivity index (χ1v) is 8.68. The molecule has 126 valence electrons. The predicted octanol–water partition coefficient (Wildman–Crippen LogP) is 4.46. The largest absolute Gasteiger partial charge is 0.485 e. The predicted molar refractivity (Wildman–Crippen MR) is 91.6 cm³/mol. The molecular formula is C19H19ClFNO2. The maximum atomic E-state index is 14.2. The van der Waals surface area contributed by atoms with E-state index in [1.807, 2.05) is 12.1 Å². The number of fused-ring (bicyclic) bond motifs is 1. The molecule has 1 saturated heterocycles. The molecule has 3 nitrogen and oxygen atoms in total. The van der Waals surface area contributed by atoms with Crippen molar-refractivity contribution in [3.8, 4) is 11.5 Å². The fourth-order valence-corrected chi connectivity index (χ4v) is 3.66. The van der Waals surface area contributed by atoms with Crippen LogP contribution in [0.5, 0.6) is 11.5 Å². The van der Waals surface area contributed by atoms with Gasteiger partial charge in [0, 0.05) is 16.1 Å². The number of ether oxygens (including phenoxy) is 2. The van der Waals surface area contributed by atoms with Crippen LogP contribution in [0.2, 0.25) is 5.02 Å². The monoisotopic (exact) mass is 347 g/mol. The van der Waals surface area contributed by atoms with Crippen LogP contribution in [0.3, 0.4) is 0 Å². The Hall–Kier alpha value is -1.78. The van der Waals surface area contributed by atoms with Crippen LogP contribution in [-0.2, 0) is 0 Å². The number of nitrogens with one attached hydrogen (secondary N) is 1. The molecule has 24 heavy (non-hydrogen) atoms. The first-order valence-electron chi connectivity index (χ1n) is 8.30. The maximum Gasteiger partial charge on any atom is 0.164 e. The van der Waals surface area contributed by atoms with E-state index in [9.17, 15) is 4.39 Å². The summed E-state index contributed by atoms with van der Waals surface area (Å²) in [6.07, 6.45) is 1.72. The lowest BCUT2D eigenvalue weighted by atomic mass is 9.89. The van der Waals surface area contributed by atoms with E-state index in [4.69, 9.17) is 21.1 Å². The molecule has 4 rings (SSSR count). The number of piperidine rings is 1. The molecule has 0 saturated carbocycles. The number of hydrogen-bond acceptors (Lipinski definition) is 3. The molecule has 1 fully saturated rings. The van der Waals surface area contributed by atoms with Crippen molar-refractivity contribution < 1.29 is 13.9 Å². The van der Waals surface area contributed by atoms with Crippen LogP contribution in [0.25, 0.3) is 0 Å². The van der Waals surface area contributed by atoms with E-state index in [2.05, 4.69) is 11.4 Å². The highest BCUT2D eigenvalue weighted by atomic mass is 35.5. The van der Waals surface area contributed by atoms with Gasteiger partial charge in [-0.1, -0.05) is 29.8 Å². The zero-order valence-corrected chi connectivity index (χ0v) is 14.0. The fraction of sp³-hybridized carbons (Fsp3) is 0.368. The van der Waals surface area contributed by atoms with Crippen molar-refractivity contribution in [2.75, 3.05) is 19.7 Å².